The van der Waals surface area contributed by atoms with E-state index in [0.29, 0.717) is 12.2 Å². The molecule has 5 nitrogen and oxygen atoms in total. The molecule has 1 fully saturated rings. The minimum absolute atomic E-state index is 0.0669. The number of nitriles is 1. The molecule has 0 saturated carbocycles. The number of hydrogen-bond donors (Lipinski definition) is 1. The van der Waals surface area contributed by atoms with E-state index in [9.17, 15) is 5.26 Å². The van der Waals surface area contributed by atoms with Crippen molar-refractivity contribution in [3.8, 4) is 6.07 Å². The van der Waals surface area contributed by atoms with E-state index in [1.165, 1.54) is 0 Å². The van der Waals surface area contributed by atoms with Gasteiger partial charge in [0, 0.05) is 18.8 Å². The van der Waals surface area contributed by atoms with Gasteiger partial charge in [0.1, 0.15) is 11.9 Å². The Morgan fingerprint density at radius 3 is 2.75 bits per heavy atom. The van der Waals surface area contributed by atoms with Crippen LogP contribution in [0.25, 0.3) is 0 Å². The van der Waals surface area contributed by atoms with Crippen molar-refractivity contribution in [1.82, 2.24) is 4.98 Å². The topological polar surface area (TPSA) is 69.4 Å². The van der Waals surface area contributed by atoms with Crippen LogP contribution < -0.4 is 4.90 Å². The summed E-state index contributed by atoms with van der Waals surface area (Å²) < 4.78 is 5.56. The molecule has 0 aromatic carbocycles. The van der Waals surface area contributed by atoms with Gasteiger partial charge < -0.3 is 14.7 Å². The highest BCUT2D eigenvalue weighted by Crippen LogP contribution is 2.25. The zero-order valence-electron chi connectivity index (χ0n) is 12.1. The molecule has 1 N–H and O–H groups in total. The van der Waals surface area contributed by atoms with E-state index in [-0.39, 0.29) is 12.7 Å². The number of piperidine rings is 1. The first-order chi connectivity index (χ1) is 9.65. The van der Waals surface area contributed by atoms with Crippen LogP contribution in [0.15, 0.2) is 6.07 Å². The average Bonchev–Trinajstić information content (AvgIpc) is 2.45. The maximum Gasteiger partial charge on any atom is 0.147 e. The van der Waals surface area contributed by atoms with Crippen molar-refractivity contribution in [2.75, 3.05) is 31.2 Å². The highest BCUT2D eigenvalue weighted by molar-refractivity contribution is 5.58. The number of aryl methyl sites for hydroxylation is 2. The number of ether oxygens (including phenoxy) is 1. The van der Waals surface area contributed by atoms with Crippen LogP contribution in [0.5, 0.6) is 0 Å². The number of aliphatic hydroxyl groups is 1. The second kappa shape index (κ2) is 6.69. The minimum atomic E-state index is 0.0669. The van der Waals surface area contributed by atoms with E-state index in [2.05, 4.69) is 16.0 Å². The summed E-state index contributed by atoms with van der Waals surface area (Å²) in [6.07, 6.45) is 2.01. The quantitative estimate of drug-likeness (QED) is 0.902. The third kappa shape index (κ3) is 3.27. The molecule has 0 aliphatic carbocycles. The Morgan fingerprint density at radius 1 is 1.45 bits per heavy atom. The molecular formula is C15H21N3O2. The van der Waals surface area contributed by atoms with E-state index in [0.717, 1.165) is 43.0 Å². The number of hydrogen-bond acceptors (Lipinski definition) is 5. The first-order valence-electron chi connectivity index (χ1n) is 7.01. The van der Waals surface area contributed by atoms with E-state index in [1.54, 1.807) is 0 Å². The van der Waals surface area contributed by atoms with Crippen LogP contribution in [0.4, 0.5) is 5.82 Å². The Morgan fingerprint density at radius 2 is 2.15 bits per heavy atom. The van der Waals surface area contributed by atoms with Crippen LogP contribution in [0, 0.1) is 25.2 Å². The summed E-state index contributed by atoms with van der Waals surface area (Å²) >= 11 is 0. The molecule has 20 heavy (non-hydrogen) atoms. The van der Waals surface area contributed by atoms with Crippen LogP contribution in [0.1, 0.15) is 29.7 Å². The first-order valence-corrected chi connectivity index (χ1v) is 7.01. The second-order valence-electron chi connectivity index (χ2n) is 5.17. The number of aliphatic hydroxyl groups excluding tert-OH is 1. The second-order valence-corrected chi connectivity index (χ2v) is 5.17. The zero-order valence-corrected chi connectivity index (χ0v) is 12.1. The summed E-state index contributed by atoms with van der Waals surface area (Å²) in [6.45, 7) is 6.04. The molecule has 5 heteroatoms. The van der Waals surface area contributed by atoms with Crippen molar-refractivity contribution in [3.05, 3.63) is 22.9 Å². The van der Waals surface area contributed by atoms with Crippen molar-refractivity contribution in [2.24, 2.45) is 0 Å². The fourth-order valence-corrected chi connectivity index (χ4v) is 2.64. The number of anilines is 1. The largest absolute Gasteiger partial charge is 0.394 e. The van der Waals surface area contributed by atoms with Crippen LogP contribution in [0.3, 0.4) is 0 Å². The summed E-state index contributed by atoms with van der Waals surface area (Å²) in [5, 5.41) is 18.1. The van der Waals surface area contributed by atoms with E-state index in [1.807, 2.05) is 19.9 Å². The van der Waals surface area contributed by atoms with Crippen molar-refractivity contribution in [2.45, 2.75) is 32.8 Å². The number of nitrogens with zero attached hydrogens (tertiary/aromatic N) is 3. The molecule has 2 heterocycles. The van der Waals surface area contributed by atoms with Gasteiger partial charge in [0.2, 0.25) is 0 Å². The number of rotatable bonds is 4. The molecule has 0 bridgehead atoms. The molecule has 1 saturated heterocycles. The fourth-order valence-electron chi connectivity index (χ4n) is 2.64. The van der Waals surface area contributed by atoms with E-state index < -0.39 is 0 Å². The van der Waals surface area contributed by atoms with E-state index in [4.69, 9.17) is 9.84 Å². The number of aromatic nitrogens is 1. The summed E-state index contributed by atoms with van der Waals surface area (Å²) in [5.41, 5.74) is 2.59. The van der Waals surface area contributed by atoms with Gasteiger partial charge in [0.05, 0.1) is 24.9 Å². The Hall–Kier alpha value is -1.64. The van der Waals surface area contributed by atoms with Gasteiger partial charge in [-0.3, -0.25) is 0 Å². The zero-order chi connectivity index (χ0) is 14.5. The van der Waals surface area contributed by atoms with Crippen molar-refractivity contribution in [1.29, 1.82) is 5.26 Å². The molecule has 0 amide bonds. The molecule has 0 atom stereocenters. The molecule has 0 spiro atoms. The maximum atomic E-state index is 9.32. The standard InChI is InChI=1S/C15H21N3O2/c1-11-9-12(2)17-15(14(11)10-16)18-5-3-13(4-6-18)20-8-7-19/h9,13,19H,3-8H2,1-2H3. The van der Waals surface area contributed by atoms with Crippen LogP contribution in [-0.4, -0.2) is 42.5 Å². The normalized spacial score (nSPS) is 16.2. The summed E-state index contributed by atoms with van der Waals surface area (Å²) in [5.74, 6) is 0.797. The minimum Gasteiger partial charge on any atom is -0.394 e. The van der Waals surface area contributed by atoms with Gasteiger partial charge in [0.15, 0.2) is 0 Å². The Bertz CT molecular complexity index is 503. The lowest BCUT2D eigenvalue weighted by Gasteiger charge is -2.33. The molecule has 1 aliphatic heterocycles. The Balaban J connectivity index is 2.09. The third-order valence-electron chi connectivity index (χ3n) is 3.62. The monoisotopic (exact) mass is 275 g/mol. The van der Waals surface area contributed by atoms with Gasteiger partial charge in [-0.15, -0.1) is 0 Å². The molecule has 1 aromatic rings. The van der Waals surface area contributed by atoms with Crippen molar-refractivity contribution < 1.29 is 9.84 Å². The lowest BCUT2D eigenvalue weighted by Crippen LogP contribution is -2.38. The third-order valence-corrected chi connectivity index (χ3v) is 3.62. The van der Waals surface area contributed by atoms with Gasteiger partial charge in [-0.25, -0.2) is 4.98 Å². The SMILES string of the molecule is Cc1cc(C)c(C#N)c(N2CCC(OCCO)CC2)n1. The fraction of sp³-hybridized carbons (Fsp3) is 0.600. The van der Waals surface area contributed by atoms with Crippen molar-refractivity contribution >= 4 is 5.82 Å². The molecule has 108 valence electrons. The molecule has 0 radical (unpaired) electrons. The van der Waals surface area contributed by atoms with Crippen molar-refractivity contribution in [3.63, 3.8) is 0 Å². The molecule has 1 aliphatic rings. The van der Waals surface area contributed by atoms with Crippen LogP contribution in [0.2, 0.25) is 0 Å². The maximum absolute atomic E-state index is 9.32. The Kier molecular flexibility index (Phi) is 4.94. The molecule has 2 rings (SSSR count). The molecular weight excluding hydrogens is 254 g/mol. The van der Waals surface area contributed by atoms with Crippen LogP contribution >= 0.6 is 0 Å². The summed E-state index contributed by atoms with van der Waals surface area (Å²) in [6, 6.07) is 4.21. The summed E-state index contributed by atoms with van der Waals surface area (Å²) in [4.78, 5) is 6.70. The molecule has 1 aromatic heterocycles. The lowest BCUT2D eigenvalue weighted by molar-refractivity contribution is 0.0158. The predicted molar refractivity (Wildman–Crippen MR) is 76.7 cm³/mol. The van der Waals surface area contributed by atoms with Gasteiger partial charge in [-0.1, -0.05) is 0 Å². The first kappa shape index (κ1) is 14.8. The highest BCUT2D eigenvalue weighted by atomic mass is 16.5. The predicted octanol–water partition coefficient (Wildman–Crippen LogP) is 1.55. The van der Waals surface area contributed by atoms with Gasteiger partial charge in [-0.2, -0.15) is 5.26 Å². The summed E-state index contributed by atoms with van der Waals surface area (Å²) in [7, 11) is 0. The lowest BCUT2D eigenvalue weighted by atomic mass is 10.1. The highest BCUT2D eigenvalue weighted by Gasteiger charge is 2.23. The smallest absolute Gasteiger partial charge is 0.147 e. The van der Waals surface area contributed by atoms with Gasteiger partial charge >= 0.3 is 0 Å². The Labute approximate surface area is 119 Å². The van der Waals surface area contributed by atoms with E-state index >= 15 is 0 Å². The van der Waals surface area contributed by atoms with Gasteiger partial charge in [0.25, 0.3) is 0 Å². The van der Waals surface area contributed by atoms with Crippen LogP contribution in [-0.2, 0) is 4.74 Å². The van der Waals surface area contributed by atoms with Gasteiger partial charge in [-0.05, 0) is 38.3 Å². The average molecular weight is 275 g/mol. The molecule has 0 unspecified atom stereocenters. The number of pyridine rings is 1.